The number of anilines is 1. The summed E-state index contributed by atoms with van der Waals surface area (Å²) in [4.78, 5) is 4.34. The molecule has 0 saturated carbocycles. The van der Waals surface area contributed by atoms with Crippen molar-refractivity contribution < 1.29 is 4.52 Å². The second-order valence-corrected chi connectivity index (χ2v) is 4.35. The Hall–Kier alpha value is -1.84. The van der Waals surface area contributed by atoms with Gasteiger partial charge >= 0.3 is 0 Å². The van der Waals surface area contributed by atoms with Crippen LogP contribution < -0.4 is 5.32 Å². The Kier molecular flexibility index (Phi) is 4.34. The van der Waals surface area contributed by atoms with Crippen LogP contribution in [0.3, 0.4) is 0 Å². The van der Waals surface area contributed by atoms with Crippen molar-refractivity contribution in [2.75, 3.05) is 11.9 Å². The van der Waals surface area contributed by atoms with E-state index in [1.54, 1.807) is 0 Å². The molecule has 0 fully saturated rings. The fourth-order valence-corrected chi connectivity index (χ4v) is 1.79. The average Bonchev–Trinajstić information content (AvgIpc) is 2.80. The van der Waals surface area contributed by atoms with Gasteiger partial charge in [-0.05, 0) is 25.0 Å². The van der Waals surface area contributed by atoms with Crippen LogP contribution in [0.1, 0.15) is 30.6 Å². The second-order valence-electron chi connectivity index (χ2n) is 4.35. The first-order valence-electron chi connectivity index (χ1n) is 6.40. The predicted octanol–water partition coefficient (Wildman–Crippen LogP) is 2.99. The number of aryl methyl sites for hydroxylation is 2. The van der Waals surface area contributed by atoms with Crippen LogP contribution >= 0.6 is 0 Å². The van der Waals surface area contributed by atoms with Gasteiger partial charge < -0.3 is 9.84 Å². The van der Waals surface area contributed by atoms with E-state index in [0.717, 1.165) is 37.3 Å². The molecular formula is C14H19N3O. The van der Waals surface area contributed by atoms with Crippen LogP contribution in [0.2, 0.25) is 0 Å². The van der Waals surface area contributed by atoms with Crippen molar-refractivity contribution in [3.05, 3.63) is 41.5 Å². The van der Waals surface area contributed by atoms with Gasteiger partial charge in [-0.25, -0.2) is 0 Å². The quantitative estimate of drug-likeness (QED) is 0.850. The van der Waals surface area contributed by atoms with Crippen molar-refractivity contribution in [2.45, 2.75) is 33.1 Å². The van der Waals surface area contributed by atoms with Gasteiger partial charge in [0.15, 0.2) is 5.82 Å². The molecule has 0 atom stereocenters. The third-order valence-electron chi connectivity index (χ3n) is 2.78. The maximum Gasteiger partial charge on any atom is 0.228 e. The van der Waals surface area contributed by atoms with Gasteiger partial charge in [0.25, 0.3) is 0 Å². The topological polar surface area (TPSA) is 51.0 Å². The molecule has 1 aromatic heterocycles. The number of rotatable bonds is 6. The summed E-state index contributed by atoms with van der Waals surface area (Å²) in [5, 5.41) is 7.31. The van der Waals surface area contributed by atoms with Crippen molar-refractivity contribution in [1.29, 1.82) is 0 Å². The van der Waals surface area contributed by atoms with Gasteiger partial charge in [-0.2, -0.15) is 4.98 Å². The third-order valence-corrected chi connectivity index (χ3v) is 2.78. The zero-order chi connectivity index (χ0) is 12.8. The minimum Gasteiger partial charge on any atom is -0.384 e. The summed E-state index contributed by atoms with van der Waals surface area (Å²) in [6.45, 7) is 5.00. The summed E-state index contributed by atoms with van der Waals surface area (Å²) in [7, 11) is 0. The molecule has 0 unspecified atom stereocenters. The Balaban J connectivity index is 1.83. The Bertz CT molecular complexity index is 493. The molecule has 0 bridgehead atoms. The molecule has 2 aromatic rings. The van der Waals surface area contributed by atoms with Crippen LogP contribution in [-0.4, -0.2) is 16.7 Å². The summed E-state index contributed by atoms with van der Waals surface area (Å²) in [6, 6.07) is 8.23. The highest BCUT2D eigenvalue weighted by atomic mass is 16.5. The minimum absolute atomic E-state index is 0.708. The summed E-state index contributed by atoms with van der Waals surface area (Å²) in [5.74, 6) is 1.52. The molecular weight excluding hydrogens is 226 g/mol. The normalized spacial score (nSPS) is 10.6. The summed E-state index contributed by atoms with van der Waals surface area (Å²) in [5.41, 5.74) is 2.40. The van der Waals surface area contributed by atoms with Gasteiger partial charge in [-0.15, -0.1) is 0 Å². The van der Waals surface area contributed by atoms with E-state index in [-0.39, 0.29) is 0 Å². The van der Waals surface area contributed by atoms with Gasteiger partial charge in [0.2, 0.25) is 5.89 Å². The van der Waals surface area contributed by atoms with Gasteiger partial charge in [-0.3, -0.25) is 0 Å². The SMILES string of the molecule is CCCc1noc(CCNc2ccccc2C)n1. The highest BCUT2D eigenvalue weighted by Crippen LogP contribution is 2.12. The second kappa shape index (κ2) is 6.19. The molecule has 0 amide bonds. The maximum absolute atomic E-state index is 5.18. The first kappa shape index (κ1) is 12.6. The highest BCUT2D eigenvalue weighted by molar-refractivity contribution is 5.50. The van der Waals surface area contributed by atoms with E-state index in [1.165, 1.54) is 5.56 Å². The molecule has 96 valence electrons. The Labute approximate surface area is 107 Å². The molecule has 0 radical (unpaired) electrons. The Morgan fingerprint density at radius 2 is 2.06 bits per heavy atom. The number of nitrogens with one attached hydrogen (secondary N) is 1. The third kappa shape index (κ3) is 3.32. The highest BCUT2D eigenvalue weighted by Gasteiger charge is 2.05. The molecule has 2 rings (SSSR count). The number of hydrogen-bond acceptors (Lipinski definition) is 4. The first-order chi connectivity index (χ1) is 8.79. The number of aromatic nitrogens is 2. The lowest BCUT2D eigenvalue weighted by Crippen LogP contribution is -2.06. The van der Waals surface area contributed by atoms with E-state index in [0.29, 0.717) is 5.89 Å². The Morgan fingerprint density at radius 1 is 1.22 bits per heavy atom. The standard InChI is InChI=1S/C14H19N3O/c1-3-6-13-16-14(18-17-13)9-10-15-12-8-5-4-7-11(12)2/h4-5,7-8,15H,3,6,9-10H2,1-2H3. The first-order valence-corrected chi connectivity index (χ1v) is 6.40. The van der Waals surface area contributed by atoms with Crippen LogP contribution in [0.4, 0.5) is 5.69 Å². The van der Waals surface area contributed by atoms with Crippen molar-refractivity contribution in [1.82, 2.24) is 10.1 Å². The summed E-state index contributed by atoms with van der Waals surface area (Å²) < 4.78 is 5.18. The van der Waals surface area contributed by atoms with Crippen molar-refractivity contribution in [3.8, 4) is 0 Å². The molecule has 0 saturated heterocycles. The molecule has 4 nitrogen and oxygen atoms in total. The summed E-state index contributed by atoms with van der Waals surface area (Å²) in [6.07, 6.45) is 2.68. The van der Waals surface area contributed by atoms with Crippen LogP contribution in [-0.2, 0) is 12.8 Å². The molecule has 0 aliphatic heterocycles. The number of nitrogens with zero attached hydrogens (tertiary/aromatic N) is 2. The number of hydrogen-bond donors (Lipinski definition) is 1. The lowest BCUT2D eigenvalue weighted by Gasteiger charge is -2.07. The number of para-hydroxylation sites is 1. The molecule has 0 aliphatic rings. The van der Waals surface area contributed by atoms with E-state index >= 15 is 0 Å². The van der Waals surface area contributed by atoms with E-state index < -0.39 is 0 Å². The van der Waals surface area contributed by atoms with E-state index in [1.807, 2.05) is 12.1 Å². The average molecular weight is 245 g/mol. The van der Waals surface area contributed by atoms with E-state index in [4.69, 9.17) is 4.52 Å². The van der Waals surface area contributed by atoms with Gasteiger partial charge in [0.1, 0.15) is 0 Å². The lowest BCUT2D eigenvalue weighted by molar-refractivity contribution is 0.375. The fourth-order valence-electron chi connectivity index (χ4n) is 1.79. The molecule has 1 heterocycles. The lowest BCUT2D eigenvalue weighted by atomic mass is 10.2. The van der Waals surface area contributed by atoms with Crippen molar-refractivity contribution in [3.63, 3.8) is 0 Å². The van der Waals surface area contributed by atoms with E-state index in [2.05, 4.69) is 41.4 Å². The van der Waals surface area contributed by atoms with Crippen LogP contribution in [0.15, 0.2) is 28.8 Å². The molecule has 18 heavy (non-hydrogen) atoms. The largest absolute Gasteiger partial charge is 0.384 e. The molecule has 1 N–H and O–H groups in total. The monoisotopic (exact) mass is 245 g/mol. The minimum atomic E-state index is 0.708. The Morgan fingerprint density at radius 3 is 2.83 bits per heavy atom. The molecule has 0 spiro atoms. The number of benzene rings is 1. The van der Waals surface area contributed by atoms with Crippen LogP contribution in [0.5, 0.6) is 0 Å². The summed E-state index contributed by atoms with van der Waals surface area (Å²) >= 11 is 0. The fraction of sp³-hybridized carbons (Fsp3) is 0.429. The molecule has 4 heteroatoms. The predicted molar refractivity (Wildman–Crippen MR) is 71.7 cm³/mol. The molecule has 1 aromatic carbocycles. The molecule has 0 aliphatic carbocycles. The van der Waals surface area contributed by atoms with Crippen molar-refractivity contribution >= 4 is 5.69 Å². The van der Waals surface area contributed by atoms with Crippen LogP contribution in [0.25, 0.3) is 0 Å². The van der Waals surface area contributed by atoms with Crippen LogP contribution in [0, 0.1) is 6.92 Å². The van der Waals surface area contributed by atoms with E-state index in [9.17, 15) is 0 Å². The van der Waals surface area contributed by atoms with Crippen molar-refractivity contribution in [2.24, 2.45) is 0 Å². The smallest absolute Gasteiger partial charge is 0.228 e. The van der Waals surface area contributed by atoms with Gasteiger partial charge in [0.05, 0.1) is 0 Å². The zero-order valence-corrected chi connectivity index (χ0v) is 10.9. The van der Waals surface area contributed by atoms with Gasteiger partial charge in [-0.1, -0.05) is 30.3 Å². The maximum atomic E-state index is 5.18. The zero-order valence-electron chi connectivity index (χ0n) is 10.9. The van der Waals surface area contributed by atoms with Gasteiger partial charge in [0, 0.05) is 25.1 Å².